The van der Waals surface area contributed by atoms with Gasteiger partial charge >= 0.3 is 0 Å². The van der Waals surface area contributed by atoms with Crippen LogP contribution in [0.2, 0.25) is 5.02 Å². The van der Waals surface area contributed by atoms with Crippen molar-refractivity contribution in [1.82, 2.24) is 15.5 Å². The Balaban J connectivity index is 1.83. The molecule has 0 bridgehead atoms. The molecule has 3 N–H and O–H groups in total. The van der Waals surface area contributed by atoms with Crippen LogP contribution in [-0.4, -0.2) is 27.8 Å². The fourth-order valence-electron chi connectivity index (χ4n) is 1.64. The van der Waals surface area contributed by atoms with Gasteiger partial charge in [0.05, 0.1) is 6.20 Å². The first kappa shape index (κ1) is 13.6. The average Bonchev–Trinajstić information content (AvgIpc) is 2.92. The van der Waals surface area contributed by atoms with Crippen LogP contribution >= 0.6 is 11.6 Å². The Bertz CT molecular complexity index is 525. The Hall–Kier alpha value is -1.85. The van der Waals surface area contributed by atoms with Crippen LogP contribution in [0.15, 0.2) is 36.7 Å². The van der Waals surface area contributed by atoms with E-state index in [1.54, 1.807) is 36.7 Å². The van der Waals surface area contributed by atoms with Gasteiger partial charge in [0.2, 0.25) is 0 Å². The minimum absolute atomic E-state index is 0.425. The maximum Gasteiger partial charge on any atom is 0.253 e. The Labute approximate surface area is 115 Å². The quantitative estimate of drug-likeness (QED) is 0.775. The van der Waals surface area contributed by atoms with E-state index in [9.17, 15) is 9.90 Å². The van der Waals surface area contributed by atoms with Gasteiger partial charge in [0.25, 0.3) is 5.91 Å². The molecule has 1 unspecified atom stereocenters. The molecule has 0 saturated carbocycles. The van der Waals surface area contributed by atoms with Gasteiger partial charge in [-0.15, -0.1) is 0 Å². The zero-order valence-corrected chi connectivity index (χ0v) is 10.9. The maximum absolute atomic E-state index is 11.7. The predicted molar refractivity (Wildman–Crippen MR) is 71.7 cm³/mol. The van der Waals surface area contributed by atoms with Crippen molar-refractivity contribution in [3.05, 3.63) is 52.8 Å². The first-order chi connectivity index (χ1) is 9.16. The summed E-state index contributed by atoms with van der Waals surface area (Å²) in [6.07, 6.45) is 2.95. The Kier molecular flexibility index (Phi) is 4.54. The molecule has 0 aliphatic heterocycles. The lowest BCUT2D eigenvalue weighted by Crippen LogP contribution is -2.30. The Morgan fingerprint density at radius 2 is 2.16 bits per heavy atom. The van der Waals surface area contributed by atoms with Crippen LogP contribution in [0.1, 0.15) is 17.2 Å². The van der Waals surface area contributed by atoms with Gasteiger partial charge in [0.15, 0.2) is 6.10 Å². The van der Waals surface area contributed by atoms with Gasteiger partial charge in [0, 0.05) is 17.8 Å². The molecule has 1 amide bonds. The molecule has 1 atom stereocenters. The number of nitrogens with zero attached hydrogens (tertiary/aromatic N) is 1. The van der Waals surface area contributed by atoms with Crippen LogP contribution in [-0.2, 0) is 11.2 Å². The van der Waals surface area contributed by atoms with E-state index in [1.807, 2.05) is 0 Å². The largest absolute Gasteiger partial charge is 0.378 e. The standard InChI is InChI=1S/C13H14ClN3O2/c14-11-3-1-10(2-4-11)12(18)13(19)15-6-5-9-7-16-17-8-9/h1-4,7-8,12,18H,5-6H2,(H,15,19)(H,16,17). The van der Waals surface area contributed by atoms with Gasteiger partial charge in [-0.25, -0.2) is 0 Å². The minimum atomic E-state index is -1.18. The topological polar surface area (TPSA) is 78.0 Å². The SMILES string of the molecule is O=C(NCCc1cn[nH]c1)C(O)c1ccc(Cl)cc1. The maximum atomic E-state index is 11.7. The number of hydrogen-bond donors (Lipinski definition) is 3. The second-order valence-electron chi connectivity index (χ2n) is 4.10. The van der Waals surface area contributed by atoms with E-state index >= 15 is 0 Å². The highest BCUT2D eigenvalue weighted by Gasteiger charge is 2.16. The van der Waals surface area contributed by atoms with E-state index in [0.29, 0.717) is 23.6 Å². The fraction of sp³-hybridized carbons (Fsp3) is 0.231. The summed E-state index contributed by atoms with van der Waals surface area (Å²) in [5, 5.41) is 19.6. The lowest BCUT2D eigenvalue weighted by molar-refractivity contribution is -0.129. The molecule has 0 aliphatic carbocycles. The summed E-state index contributed by atoms with van der Waals surface area (Å²) in [5.74, 6) is -0.425. The van der Waals surface area contributed by atoms with Crippen LogP contribution in [0.3, 0.4) is 0 Å². The molecule has 1 aromatic heterocycles. The lowest BCUT2D eigenvalue weighted by Gasteiger charge is -2.11. The van der Waals surface area contributed by atoms with Crippen molar-refractivity contribution in [3.8, 4) is 0 Å². The molecule has 5 nitrogen and oxygen atoms in total. The number of aliphatic hydroxyl groups is 1. The molecule has 6 heteroatoms. The number of H-pyrrole nitrogens is 1. The first-order valence-electron chi connectivity index (χ1n) is 5.85. The number of amides is 1. The first-order valence-corrected chi connectivity index (χ1v) is 6.23. The predicted octanol–water partition coefficient (Wildman–Crippen LogP) is 1.46. The number of aromatic nitrogens is 2. The highest BCUT2D eigenvalue weighted by Crippen LogP contribution is 2.16. The molecule has 2 rings (SSSR count). The number of rotatable bonds is 5. The van der Waals surface area contributed by atoms with E-state index in [-0.39, 0.29) is 0 Å². The summed E-state index contributed by atoms with van der Waals surface area (Å²) in [6, 6.07) is 6.53. The summed E-state index contributed by atoms with van der Waals surface area (Å²) in [7, 11) is 0. The molecule has 2 aromatic rings. The van der Waals surface area contributed by atoms with Crippen LogP contribution in [0.5, 0.6) is 0 Å². The summed E-state index contributed by atoms with van der Waals surface area (Å²) >= 11 is 5.75. The fourth-order valence-corrected chi connectivity index (χ4v) is 1.76. The van der Waals surface area contributed by atoms with Crippen molar-refractivity contribution < 1.29 is 9.90 Å². The van der Waals surface area contributed by atoms with E-state index in [1.165, 1.54) is 0 Å². The van der Waals surface area contributed by atoms with Crippen LogP contribution in [0.25, 0.3) is 0 Å². The molecule has 19 heavy (non-hydrogen) atoms. The second kappa shape index (κ2) is 6.36. The van der Waals surface area contributed by atoms with Gasteiger partial charge in [-0.2, -0.15) is 5.10 Å². The average molecular weight is 280 g/mol. The number of carbonyl (C=O) groups is 1. The summed E-state index contributed by atoms with van der Waals surface area (Å²) in [4.78, 5) is 11.7. The van der Waals surface area contributed by atoms with E-state index in [4.69, 9.17) is 11.6 Å². The minimum Gasteiger partial charge on any atom is -0.378 e. The van der Waals surface area contributed by atoms with Crippen LogP contribution in [0, 0.1) is 0 Å². The number of nitrogens with one attached hydrogen (secondary N) is 2. The third-order valence-electron chi connectivity index (χ3n) is 2.70. The molecule has 0 spiro atoms. The summed E-state index contributed by atoms with van der Waals surface area (Å²) in [6.45, 7) is 0.447. The van der Waals surface area contributed by atoms with E-state index in [0.717, 1.165) is 5.56 Å². The molecule has 0 aliphatic rings. The van der Waals surface area contributed by atoms with Crippen molar-refractivity contribution in [3.63, 3.8) is 0 Å². The van der Waals surface area contributed by atoms with Gasteiger partial charge in [-0.3, -0.25) is 9.89 Å². The second-order valence-corrected chi connectivity index (χ2v) is 4.54. The Morgan fingerprint density at radius 3 is 2.79 bits per heavy atom. The molecular formula is C13H14ClN3O2. The number of aliphatic hydroxyl groups excluding tert-OH is 1. The normalized spacial score (nSPS) is 12.1. The van der Waals surface area contributed by atoms with Crippen molar-refractivity contribution in [2.45, 2.75) is 12.5 Å². The summed E-state index contributed by atoms with van der Waals surface area (Å²) in [5.41, 5.74) is 1.52. The highest BCUT2D eigenvalue weighted by atomic mass is 35.5. The molecule has 0 fully saturated rings. The molecule has 0 saturated heterocycles. The smallest absolute Gasteiger partial charge is 0.253 e. The third kappa shape index (κ3) is 3.81. The lowest BCUT2D eigenvalue weighted by atomic mass is 10.1. The number of halogens is 1. The number of hydrogen-bond acceptors (Lipinski definition) is 3. The number of carbonyl (C=O) groups excluding carboxylic acids is 1. The zero-order chi connectivity index (χ0) is 13.7. The zero-order valence-electron chi connectivity index (χ0n) is 10.1. The van der Waals surface area contributed by atoms with Crippen molar-refractivity contribution >= 4 is 17.5 Å². The Morgan fingerprint density at radius 1 is 1.42 bits per heavy atom. The molecule has 1 heterocycles. The molecular weight excluding hydrogens is 266 g/mol. The highest BCUT2D eigenvalue weighted by molar-refractivity contribution is 6.30. The number of benzene rings is 1. The molecule has 1 aromatic carbocycles. The summed E-state index contributed by atoms with van der Waals surface area (Å²) < 4.78 is 0. The van der Waals surface area contributed by atoms with Gasteiger partial charge < -0.3 is 10.4 Å². The molecule has 0 radical (unpaired) electrons. The van der Waals surface area contributed by atoms with Crippen LogP contribution < -0.4 is 5.32 Å². The van der Waals surface area contributed by atoms with Gasteiger partial charge in [0.1, 0.15) is 0 Å². The molecule has 100 valence electrons. The monoisotopic (exact) mass is 279 g/mol. The van der Waals surface area contributed by atoms with Crippen molar-refractivity contribution in [2.75, 3.05) is 6.54 Å². The number of aromatic amines is 1. The van der Waals surface area contributed by atoms with Gasteiger partial charge in [-0.05, 0) is 29.7 Å². The third-order valence-corrected chi connectivity index (χ3v) is 2.95. The van der Waals surface area contributed by atoms with Gasteiger partial charge in [-0.1, -0.05) is 23.7 Å². The van der Waals surface area contributed by atoms with Crippen LogP contribution in [0.4, 0.5) is 0 Å². The van der Waals surface area contributed by atoms with Crippen molar-refractivity contribution in [2.24, 2.45) is 0 Å². The van der Waals surface area contributed by atoms with E-state index < -0.39 is 12.0 Å². The van der Waals surface area contributed by atoms with E-state index in [2.05, 4.69) is 15.5 Å². The van der Waals surface area contributed by atoms with Crippen molar-refractivity contribution in [1.29, 1.82) is 0 Å².